The summed E-state index contributed by atoms with van der Waals surface area (Å²) in [6.45, 7) is 5.78. The largest absolute Gasteiger partial charge is 0.368 e. The zero-order chi connectivity index (χ0) is 20.1. The molecule has 2 aromatic rings. The van der Waals surface area contributed by atoms with Crippen LogP contribution in [0.4, 0.5) is 17.5 Å². The second-order valence-corrected chi connectivity index (χ2v) is 6.73. The monoisotopic (exact) mass is 372 g/mol. The number of benzene rings is 1. The number of carbonyl (C=O) groups excluding carboxylic acids is 2. The van der Waals surface area contributed by atoms with Crippen LogP contribution < -0.4 is 27.7 Å². The van der Waals surface area contributed by atoms with Crippen molar-refractivity contribution >= 4 is 29.3 Å². The highest BCUT2D eigenvalue weighted by Gasteiger charge is 2.21. The first-order chi connectivity index (χ1) is 12.7. The van der Waals surface area contributed by atoms with E-state index in [1.165, 1.54) is 0 Å². The van der Waals surface area contributed by atoms with Gasteiger partial charge in [-0.1, -0.05) is 26.0 Å². The number of aromatic amines is 1. The molecular weight excluding hydrogens is 348 g/mol. The lowest BCUT2D eigenvalue weighted by molar-refractivity contribution is -0.119. The van der Waals surface area contributed by atoms with Gasteiger partial charge in [0.25, 0.3) is 11.5 Å². The predicted molar refractivity (Wildman–Crippen MR) is 104 cm³/mol. The molecule has 2 rings (SSSR count). The molecule has 0 aliphatic carbocycles. The van der Waals surface area contributed by atoms with Crippen LogP contribution in [0, 0.1) is 12.8 Å². The lowest BCUT2D eigenvalue weighted by atomic mass is 10.0. The number of hydrogen-bond donors (Lipinski definition) is 5. The van der Waals surface area contributed by atoms with Crippen LogP contribution in [0.15, 0.2) is 29.1 Å². The predicted octanol–water partition coefficient (Wildman–Crippen LogP) is 1.23. The van der Waals surface area contributed by atoms with Gasteiger partial charge in [-0.05, 0) is 37.0 Å². The third-order valence-corrected chi connectivity index (χ3v) is 3.81. The number of H-pyrrole nitrogens is 1. The summed E-state index contributed by atoms with van der Waals surface area (Å²) in [6, 6.07) is 6.59. The van der Waals surface area contributed by atoms with Gasteiger partial charge < -0.3 is 22.1 Å². The van der Waals surface area contributed by atoms with E-state index in [9.17, 15) is 14.4 Å². The summed E-state index contributed by atoms with van der Waals surface area (Å²) in [5, 5.41) is 5.75. The molecule has 0 fully saturated rings. The zero-order valence-corrected chi connectivity index (χ0v) is 15.5. The smallest absolute Gasteiger partial charge is 0.267 e. The lowest BCUT2D eigenvalue weighted by Crippen LogP contribution is -2.38. The van der Waals surface area contributed by atoms with Gasteiger partial charge in [-0.3, -0.25) is 19.4 Å². The summed E-state index contributed by atoms with van der Waals surface area (Å²) in [7, 11) is 0. The molecule has 1 heterocycles. The van der Waals surface area contributed by atoms with Crippen molar-refractivity contribution in [1.82, 2.24) is 9.97 Å². The van der Waals surface area contributed by atoms with Crippen molar-refractivity contribution in [3.05, 3.63) is 45.7 Å². The summed E-state index contributed by atoms with van der Waals surface area (Å²) in [4.78, 5) is 42.4. The van der Waals surface area contributed by atoms with Gasteiger partial charge in [0.1, 0.15) is 11.6 Å². The van der Waals surface area contributed by atoms with Crippen LogP contribution >= 0.6 is 0 Å². The van der Waals surface area contributed by atoms with E-state index in [-0.39, 0.29) is 23.2 Å². The fourth-order valence-electron chi connectivity index (χ4n) is 2.60. The summed E-state index contributed by atoms with van der Waals surface area (Å²) in [5.74, 6) is -1.29. The standard InChI is InChI=1S/C18H24N6O3/c1-9(2)7-12(14(19)25)22-18-23-16(13(15(20)26)17(27)24-18)21-11-6-4-5-10(3)8-11/h4-6,8-9,12H,7H2,1-3H3,(H2,19,25)(H2,20,26)(H3,21,22,23,24,27)/t12-/m1/s1. The van der Waals surface area contributed by atoms with E-state index >= 15 is 0 Å². The number of rotatable bonds is 8. The Morgan fingerprint density at radius 1 is 1.26 bits per heavy atom. The quantitative estimate of drug-likeness (QED) is 0.469. The minimum absolute atomic E-state index is 0.00730. The van der Waals surface area contributed by atoms with Crippen LogP contribution in [0.5, 0.6) is 0 Å². The second-order valence-electron chi connectivity index (χ2n) is 6.73. The molecule has 0 saturated carbocycles. The van der Waals surface area contributed by atoms with E-state index in [4.69, 9.17) is 11.5 Å². The van der Waals surface area contributed by atoms with Gasteiger partial charge >= 0.3 is 0 Å². The minimum Gasteiger partial charge on any atom is -0.368 e. The Morgan fingerprint density at radius 2 is 1.96 bits per heavy atom. The van der Waals surface area contributed by atoms with Crippen LogP contribution in [0.25, 0.3) is 0 Å². The highest BCUT2D eigenvalue weighted by Crippen LogP contribution is 2.19. The first-order valence-electron chi connectivity index (χ1n) is 8.51. The average molecular weight is 372 g/mol. The van der Waals surface area contributed by atoms with Crippen molar-refractivity contribution < 1.29 is 9.59 Å². The van der Waals surface area contributed by atoms with E-state index in [1.54, 1.807) is 6.07 Å². The van der Waals surface area contributed by atoms with Crippen LogP contribution in [0.3, 0.4) is 0 Å². The lowest BCUT2D eigenvalue weighted by Gasteiger charge is -2.18. The number of primary amides is 2. The number of nitrogens with two attached hydrogens (primary N) is 2. The van der Waals surface area contributed by atoms with Gasteiger partial charge in [0.2, 0.25) is 11.9 Å². The average Bonchev–Trinajstić information content (AvgIpc) is 2.52. The van der Waals surface area contributed by atoms with Crippen molar-refractivity contribution in [3.63, 3.8) is 0 Å². The SMILES string of the molecule is Cc1cccc(Nc2nc(N[C@H](CC(C)C)C(N)=O)[nH]c(=O)c2C(N)=O)c1. The first kappa shape index (κ1) is 20.0. The molecule has 1 atom stereocenters. The molecule has 9 heteroatoms. The molecule has 9 nitrogen and oxygen atoms in total. The fraction of sp³-hybridized carbons (Fsp3) is 0.333. The Kier molecular flexibility index (Phi) is 6.17. The zero-order valence-electron chi connectivity index (χ0n) is 15.5. The van der Waals surface area contributed by atoms with Gasteiger partial charge in [-0.2, -0.15) is 4.98 Å². The molecule has 0 aliphatic heterocycles. The Labute approximate surface area is 156 Å². The Bertz CT molecular complexity index is 906. The summed E-state index contributed by atoms with van der Waals surface area (Å²) >= 11 is 0. The Balaban J connectivity index is 2.43. The highest BCUT2D eigenvalue weighted by atomic mass is 16.2. The number of carbonyl (C=O) groups is 2. The molecule has 2 amide bonds. The molecular formula is C18H24N6O3. The van der Waals surface area contributed by atoms with Gasteiger partial charge in [-0.15, -0.1) is 0 Å². The molecule has 0 aliphatic rings. The molecule has 1 aromatic heterocycles. The summed E-state index contributed by atoms with van der Waals surface area (Å²) < 4.78 is 0. The minimum atomic E-state index is -0.918. The number of aromatic nitrogens is 2. The maximum atomic E-state index is 12.3. The van der Waals surface area contributed by atoms with E-state index < -0.39 is 23.4 Å². The van der Waals surface area contributed by atoms with Crippen molar-refractivity contribution in [2.75, 3.05) is 10.6 Å². The fourth-order valence-corrected chi connectivity index (χ4v) is 2.60. The molecule has 7 N–H and O–H groups in total. The Hall–Kier alpha value is -3.36. The topological polar surface area (TPSA) is 156 Å². The molecule has 1 aromatic carbocycles. The highest BCUT2D eigenvalue weighted by molar-refractivity contribution is 5.98. The second kappa shape index (κ2) is 8.35. The first-order valence-corrected chi connectivity index (χ1v) is 8.51. The number of aryl methyl sites for hydroxylation is 1. The third-order valence-electron chi connectivity index (χ3n) is 3.81. The summed E-state index contributed by atoms with van der Waals surface area (Å²) in [6.07, 6.45) is 0.456. The van der Waals surface area contributed by atoms with Crippen molar-refractivity contribution in [2.24, 2.45) is 17.4 Å². The van der Waals surface area contributed by atoms with Crippen LogP contribution in [0.1, 0.15) is 36.2 Å². The van der Waals surface area contributed by atoms with Crippen LogP contribution in [0.2, 0.25) is 0 Å². The van der Waals surface area contributed by atoms with E-state index in [0.717, 1.165) is 5.56 Å². The van der Waals surface area contributed by atoms with Gasteiger partial charge in [0, 0.05) is 5.69 Å². The molecule has 0 saturated heterocycles. The van der Waals surface area contributed by atoms with Gasteiger partial charge in [0.15, 0.2) is 5.82 Å². The van der Waals surface area contributed by atoms with Crippen LogP contribution in [-0.4, -0.2) is 27.8 Å². The molecule has 27 heavy (non-hydrogen) atoms. The molecule has 0 spiro atoms. The van der Waals surface area contributed by atoms with E-state index in [1.807, 2.05) is 39.0 Å². The normalized spacial score (nSPS) is 11.9. The molecule has 0 bridgehead atoms. The third kappa shape index (κ3) is 5.30. The van der Waals surface area contributed by atoms with Crippen molar-refractivity contribution in [1.29, 1.82) is 0 Å². The summed E-state index contributed by atoms with van der Waals surface area (Å²) in [5.41, 5.74) is 11.3. The Morgan fingerprint density at radius 3 is 2.52 bits per heavy atom. The number of anilines is 3. The van der Waals surface area contributed by atoms with Crippen LogP contribution in [-0.2, 0) is 4.79 Å². The van der Waals surface area contributed by atoms with E-state index in [0.29, 0.717) is 12.1 Å². The van der Waals surface area contributed by atoms with Gasteiger partial charge in [0.05, 0.1) is 0 Å². The molecule has 0 radical (unpaired) electrons. The maximum absolute atomic E-state index is 12.3. The maximum Gasteiger partial charge on any atom is 0.267 e. The number of hydrogen-bond acceptors (Lipinski definition) is 6. The molecule has 0 unspecified atom stereocenters. The molecule has 144 valence electrons. The van der Waals surface area contributed by atoms with Crippen molar-refractivity contribution in [3.8, 4) is 0 Å². The number of amides is 2. The number of nitrogens with zero attached hydrogens (tertiary/aromatic N) is 1. The number of nitrogens with one attached hydrogen (secondary N) is 3. The van der Waals surface area contributed by atoms with Crippen molar-refractivity contribution in [2.45, 2.75) is 33.2 Å². The van der Waals surface area contributed by atoms with Gasteiger partial charge in [-0.25, -0.2) is 0 Å². The van der Waals surface area contributed by atoms with E-state index in [2.05, 4.69) is 20.6 Å².